The molecular formula is C16H17F3N4O2S. The summed E-state index contributed by atoms with van der Waals surface area (Å²) in [4.78, 5) is 29.8. The first-order valence-electron chi connectivity index (χ1n) is 7.58. The molecule has 140 valence electrons. The molecule has 0 unspecified atom stereocenters. The molecule has 1 aromatic heterocycles. The highest BCUT2D eigenvalue weighted by atomic mass is 32.2. The molecule has 0 saturated carbocycles. The topological polar surface area (TPSA) is 101 Å². The van der Waals surface area contributed by atoms with Crippen LogP contribution in [-0.4, -0.2) is 21.4 Å². The lowest BCUT2D eigenvalue weighted by Crippen LogP contribution is -2.33. The van der Waals surface area contributed by atoms with Gasteiger partial charge in [-0.25, -0.2) is 4.98 Å². The summed E-state index contributed by atoms with van der Waals surface area (Å²) >= 11 is -0.206. The second-order valence-corrected chi connectivity index (χ2v) is 6.97. The number of nitrogens with one attached hydrogen (secondary N) is 2. The quantitative estimate of drug-likeness (QED) is 0.686. The zero-order valence-corrected chi connectivity index (χ0v) is 14.7. The van der Waals surface area contributed by atoms with Crippen LogP contribution in [0.3, 0.4) is 0 Å². The van der Waals surface area contributed by atoms with E-state index in [0.717, 1.165) is 6.07 Å². The van der Waals surface area contributed by atoms with Gasteiger partial charge in [0.15, 0.2) is 0 Å². The van der Waals surface area contributed by atoms with E-state index < -0.39 is 23.0 Å². The van der Waals surface area contributed by atoms with Crippen LogP contribution in [-0.2, 0) is 0 Å². The van der Waals surface area contributed by atoms with Crippen LogP contribution in [0.4, 0.5) is 19.1 Å². The number of nitrogen functional groups attached to an aromatic ring is 1. The summed E-state index contributed by atoms with van der Waals surface area (Å²) in [5.41, 5.74) is 1.00. The van der Waals surface area contributed by atoms with Crippen molar-refractivity contribution in [1.29, 1.82) is 0 Å². The van der Waals surface area contributed by atoms with Crippen molar-refractivity contribution in [3.8, 4) is 0 Å². The number of carbonyl (C=O) groups excluding carboxylic acids is 1. The summed E-state index contributed by atoms with van der Waals surface area (Å²) in [6.45, 7) is 3.70. The summed E-state index contributed by atoms with van der Waals surface area (Å²) in [5, 5.41) is 2.73. The third-order valence-electron chi connectivity index (χ3n) is 3.42. The number of hydrogen-bond acceptors (Lipinski definition) is 5. The number of rotatable bonds is 5. The second kappa shape index (κ2) is 7.81. The number of aromatic nitrogens is 2. The number of carbonyl (C=O) groups is 1. The van der Waals surface area contributed by atoms with Crippen LogP contribution in [0.15, 0.2) is 40.0 Å². The number of H-pyrrole nitrogens is 1. The molecular weight excluding hydrogens is 369 g/mol. The first-order valence-corrected chi connectivity index (χ1v) is 8.40. The highest BCUT2D eigenvalue weighted by Gasteiger charge is 2.29. The summed E-state index contributed by atoms with van der Waals surface area (Å²) in [6.07, 6.45) is 0. The number of aromatic amines is 1. The molecule has 0 saturated heterocycles. The molecule has 6 nitrogen and oxygen atoms in total. The van der Waals surface area contributed by atoms with E-state index >= 15 is 0 Å². The lowest BCUT2D eigenvalue weighted by atomic mass is 9.96. The Bertz CT molecular complexity index is 835. The van der Waals surface area contributed by atoms with Crippen molar-refractivity contribution < 1.29 is 18.0 Å². The fraction of sp³-hybridized carbons (Fsp3) is 0.312. The highest BCUT2D eigenvalue weighted by molar-refractivity contribution is 8.00. The van der Waals surface area contributed by atoms with E-state index in [1.54, 1.807) is 0 Å². The molecule has 1 atom stereocenters. The monoisotopic (exact) mass is 386 g/mol. The van der Waals surface area contributed by atoms with Gasteiger partial charge in [0.25, 0.3) is 11.5 Å². The molecule has 0 aliphatic heterocycles. The Morgan fingerprint density at radius 3 is 2.38 bits per heavy atom. The highest BCUT2D eigenvalue weighted by Crippen LogP contribution is 2.37. The largest absolute Gasteiger partial charge is 0.446 e. The van der Waals surface area contributed by atoms with E-state index in [-0.39, 0.29) is 34.2 Å². The van der Waals surface area contributed by atoms with Gasteiger partial charge >= 0.3 is 5.51 Å². The van der Waals surface area contributed by atoms with Crippen molar-refractivity contribution in [3.63, 3.8) is 0 Å². The molecule has 26 heavy (non-hydrogen) atoms. The first kappa shape index (κ1) is 19.8. The van der Waals surface area contributed by atoms with E-state index in [2.05, 4.69) is 15.3 Å². The Labute approximate surface area is 151 Å². The molecule has 1 amide bonds. The molecule has 1 heterocycles. The SMILES string of the molecule is CC(C)[C@@H](NC(=O)c1cc(=O)[nH]c(N)n1)c1ccc(SC(F)(F)F)cc1. The normalized spacial score (nSPS) is 12.8. The number of halogens is 3. The fourth-order valence-corrected chi connectivity index (χ4v) is 2.86. The Morgan fingerprint density at radius 1 is 1.27 bits per heavy atom. The molecule has 0 aliphatic rings. The van der Waals surface area contributed by atoms with E-state index in [0.29, 0.717) is 5.56 Å². The lowest BCUT2D eigenvalue weighted by Gasteiger charge is -2.23. The van der Waals surface area contributed by atoms with Crippen LogP contribution in [0, 0.1) is 5.92 Å². The van der Waals surface area contributed by atoms with Gasteiger partial charge in [0.05, 0.1) is 6.04 Å². The van der Waals surface area contributed by atoms with Crippen molar-refractivity contribution in [2.45, 2.75) is 30.3 Å². The minimum absolute atomic E-state index is 0.0547. The standard InChI is InChI=1S/C16H17F3N4O2S/c1-8(2)13(9-3-5-10(6-4-9)26-16(17,18)19)23-14(25)11-7-12(24)22-15(20)21-11/h3-8,13H,1-2H3,(H,23,25)(H3,20,21,22,24)/t13-/m1/s1. The lowest BCUT2D eigenvalue weighted by molar-refractivity contribution is -0.0328. The van der Waals surface area contributed by atoms with E-state index in [1.165, 1.54) is 24.3 Å². The average molecular weight is 386 g/mol. The Hall–Kier alpha value is -2.49. The zero-order valence-electron chi connectivity index (χ0n) is 13.9. The average Bonchev–Trinajstić information content (AvgIpc) is 2.50. The van der Waals surface area contributed by atoms with Gasteiger partial charge in [-0.1, -0.05) is 26.0 Å². The van der Waals surface area contributed by atoms with Gasteiger partial charge in [-0.2, -0.15) is 13.2 Å². The molecule has 0 spiro atoms. The smallest absolute Gasteiger partial charge is 0.369 e. The maximum Gasteiger partial charge on any atom is 0.446 e. The number of alkyl halides is 3. The van der Waals surface area contributed by atoms with Crippen LogP contribution in [0.1, 0.15) is 35.9 Å². The molecule has 4 N–H and O–H groups in total. The summed E-state index contributed by atoms with van der Waals surface area (Å²) < 4.78 is 37.2. The summed E-state index contributed by atoms with van der Waals surface area (Å²) in [7, 11) is 0. The minimum Gasteiger partial charge on any atom is -0.369 e. The predicted molar refractivity (Wildman–Crippen MR) is 92.7 cm³/mol. The zero-order chi connectivity index (χ0) is 19.5. The molecule has 2 aromatic rings. The molecule has 10 heteroatoms. The van der Waals surface area contributed by atoms with Gasteiger partial charge in [0, 0.05) is 11.0 Å². The number of amides is 1. The van der Waals surface area contributed by atoms with E-state index in [4.69, 9.17) is 5.73 Å². The maximum absolute atomic E-state index is 12.4. The Morgan fingerprint density at radius 2 is 1.88 bits per heavy atom. The minimum atomic E-state index is -4.36. The first-order chi connectivity index (χ1) is 12.0. The number of anilines is 1. The summed E-state index contributed by atoms with van der Waals surface area (Å²) in [6, 6.07) is 6.29. The van der Waals surface area contributed by atoms with E-state index in [1.807, 2.05) is 13.8 Å². The van der Waals surface area contributed by atoms with Gasteiger partial charge in [0.1, 0.15) is 5.69 Å². The van der Waals surface area contributed by atoms with Crippen molar-refractivity contribution in [1.82, 2.24) is 15.3 Å². The van der Waals surface area contributed by atoms with Gasteiger partial charge in [0.2, 0.25) is 5.95 Å². The summed E-state index contributed by atoms with van der Waals surface area (Å²) in [5.74, 6) is -0.841. The Kier molecular flexibility index (Phi) is 5.96. The van der Waals surface area contributed by atoms with Crippen molar-refractivity contribution in [2.75, 3.05) is 5.73 Å². The third-order valence-corrected chi connectivity index (χ3v) is 4.16. The molecule has 0 aliphatic carbocycles. The maximum atomic E-state index is 12.4. The molecule has 1 aromatic carbocycles. The molecule has 0 fully saturated rings. The van der Waals surface area contributed by atoms with Crippen LogP contribution < -0.4 is 16.6 Å². The molecule has 2 rings (SSSR count). The van der Waals surface area contributed by atoms with Crippen molar-refractivity contribution in [2.24, 2.45) is 5.92 Å². The fourth-order valence-electron chi connectivity index (χ4n) is 2.32. The van der Waals surface area contributed by atoms with Crippen molar-refractivity contribution >= 4 is 23.6 Å². The van der Waals surface area contributed by atoms with Gasteiger partial charge in [-0.15, -0.1) is 0 Å². The molecule has 0 radical (unpaired) electrons. The number of nitrogens with zero attached hydrogens (tertiary/aromatic N) is 1. The van der Waals surface area contributed by atoms with Gasteiger partial charge in [-0.3, -0.25) is 14.6 Å². The predicted octanol–water partition coefficient (Wildman–Crippen LogP) is 3.09. The van der Waals surface area contributed by atoms with Crippen molar-refractivity contribution in [3.05, 3.63) is 51.9 Å². The van der Waals surface area contributed by atoms with E-state index in [9.17, 15) is 22.8 Å². The van der Waals surface area contributed by atoms with Crippen LogP contribution in [0.25, 0.3) is 0 Å². The van der Waals surface area contributed by atoms with Gasteiger partial charge in [-0.05, 0) is 35.4 Å². The van der Waals surface area contributed by atoms with Gasteiger partial charge < -0.3 is 11.1 Å². The molecule has 0 bridgehead atoms. The number of benzene rings is 1. The number of nitrogens with two attached hydrogens (primary N) is 1. The second-order valence-electron chi connectivity index (χ2n) is 5.83. The Balaban J connectivity index is 2.20. The van der Waals surface area contributed by atoms with Crippen LogP contribution >= 0.6 is 11.8 Å². The van der Waals surface area contributed by atoms with Crippen LogP contribution in [0.2, 0.25) is 0 Å². The third kappa shape index (κ3) is 5.51. The van der Waals surface area contributed by atoms with Crippen LogP contribution in [0.5, 0.6) is 0 Å². The number of hydrogen-bond donors (Lipinski definition) is 3. The number of thioether (sulfide) groups is 1.